The molecule has 2 amide bonds. The van der Waals surface area contributed by atoms with Crippen molar-refractivity contribution >= 4 is 68.8 Å². The number of halogens is 7. The minimum Gasteiger partial charge on any atom is -0.465 e. The average molecular weight is 575 g/mol. The third kappa shape index (κ3) is 7.30. The molecular weight excluding hydrogens is 559 g/mol. The summed E-state index contributed by atoms with van der Waals surface area (Å²) in [6.45, 7) is 0.0930. The van der Waals surface area contributed by atoms with Crippen molar-refractivity contribution in [2.45, 2.75) is 12.1 Å². The molecular formula is C20H15BrCl3F3N2O3. The molecule has 5 nitrogen and oxygen atoms in total. The van der Waals surface area contributed by atoms with Crippen LogP contribution in [0.3, 0.4) is 0 Å². The number of benzene rings is 2. The van der Waals surface area contributed by atoms with Crippen molar-refractivity contribution in [3.8, 4) is 0 Å². The molecule has 0 radical (unpaired) electrons. The van der Waals surface area contributed by atoms with Gasteiger partial charge in [0.1, 0.15) is 0 Å². The van der Waals surface area contributed by atoms with Crippen LogP contribution in [0.4, 0.5) is 18.0 Å². The molecule has 32 heavy (non-hydrogen) atoms. The van der Waals surface area contributed by atoms with Gasteiger partial charge in [-0.3, -0.25) is 4.79 Å². The molecule has 3 N–H and O–H groups in total. The summed E-state index contributed by atoms with van der Waals surface area (Å²) in [5.41, 5.74) is 0.473. The van der Waals surface area contributed by atoms with Crippen LogP contribution in [-0.2, 0) is 0 Å². The zero-order valence-corrected chi connectivity index (χ0v) is 19.8. The zero-order valence-electron chi connectivity index (χ0n) is 15.9. The Labute approximate surface area is 204 Å². The minimum atomic E-state index is -4.61. The van der Waals surface area contributed by atoms with Crippen molar-refractivity contribution in [3.05, 3.63) is 72.6 Å². The van der Waals surface area contributed by atoms with Crippen molar-refractivity contribution < 1.29 is 27.9 Å². The van der Waals surface area contributed by atoms with Crippen LogP contribution >= 0.6 is 50.7 Å². The van der Waals surface area contributed by atoms with E-state index in [2.05, 4.69) is 26.6 Å². The molecule has 0 spiro atoms. The number of nitrogens with one attached hydrogen (secondary N) is 2. The highest BCUT2D eigenvalue weighted by Crippen LogP contribution is 2.41. The molecule has 0 fully saturated rings. The Morgan fingerprint density at radius 3 is 2.19 bits per heavy atom. The number of carboxylic acid groups (broad SMARTS) is 1. The molecule has 0 saturated carbocycles. The third-order valence-corrected chi connectivity index (χ3v) is 5.98. The molecule has 1 atom stereocenters. The second-order valence-corrected chi connectivity index (χ2v) is 8.45. The Hall–Kier alpha value is -1.94. The number of amides is 2. The molecule has 2 aromatic rings. The van der Waals surface area contributed by atoms with E-state index in [1.807, 2.05) is 0 Å². The Balaban J connectivity index is 2.20. The normalized spacial score (nSPS) is 12.6. The predicted molar refractivity (Wildman–Crippen MR) is 122 cm³/mol. The van der Waals surface area contributed by atoms with Gasteiger partial charge in [-0.2, -0.15) is 13.2 Å². The lowest BCUT2D eigenvalue weighted by atomic mass is 9.97. The lowest BCUT2D eigenvalue weighted by Gasteiger charge is -2.18. The van der Waals surface area contributed by atoms with Crippen LogP contribution in [-0.4, -0.2) is 36.4 Å². The molecule has 1 unspecified atom stereocenters. The van der Waals surface area contributed by atoms with E-state index in [0.717, 1.165) is 18.2 Å². The molecule has 2 aromatic carbocycles. The minimum absolute atomic E-state index is 0.0249. The first-order chi connectivity index (χ1) is 14.9. The smallest absolute Gasteiger partial charge is 0.404 e. The van der Waals surface area contributed by atoms with E-state index in [9.17, 15) is 22.8 Å². The molecule has 0 aliphatic rings. The quantitative estimate of drug-likeness (QED) is 0.252. The number of hydrogen-bond donors (Lipinski definition) is 3. The second-order valence-electron chi connectivity index (χ2n) is 6.40. The Kier molecular flexibility index (Phi) is 9.27. The number of carbonyl (C=O) groups is 2. The number of allylic oxidation sites excluding steroid dienone is 1. The van der Waals surface area contributed by atoms with E-state index in [1.54, 1.807) is 0 Å². The lowest BCUT2D eigenvalue weighted by Crippen LogP contribution is -2.34. The van der Waals surface area contributed by atoms with Gasteiger partial charge in [-0.05, 0) is 51.3 Å². The van der Waals surface area contributed by atoms with Crippen molar-refractivity contribution in [2.75, 3.05) is 13.1 Å². The van der Waals surface area contributed by atoms with Crippen molar-refractivity contribution in [2.24, 2.45) is 0 Å². The van der Waals surface area contributed by atoms with Gasteiger partial charge < -0.3 is 15.7 Å². The fraction of sp³-hybridized carbons (Fsp3) is 0.200. The molecule has 0 aliphatic heterocycles. The highest BCUT2D eigenvalue weighted by molar-refractivity contribution is 9.10. The van der Waals surface area contributed by atoms with E-state index in [4.69, 9.17) is 39.9 Å². The summed E-state index contributed by atoms with van der Waals surface area (Å²) < 4.78 is 41.3. The third-order valence-electron chi connectivity index (χ3n) is 4.12. The number of rotatable bonds is 7. The Morgan fingerprint density at radius 2 is 1.66 bits per heavy atom. The first-order valence-electron chi connectivity index (χ1n) is 8.84. The van der Waals surface area contributed by atoms with Gasteiger partial charge in [-0.25, -0.2) is 4.79 Å². The average Bonchev–Trinajstić information content (AvgIpc) is 2.68. The van der Waals surface area contributed by atoms with Crippen molar-refractivity contribution in [3.63, 3.8) is 0 Å². The van der Waals surface area contributed by atoms with Crippen molar-refractivity contribution in [1.29, 1.82) is 0 Å². The van der Waals surface area contributed by atoms with Gasteiger partial charge in [0.2, 0.25) is 0 Å². The Morgan fingerprint density at radius 1 is 1.06 bits per heavy atom. The molecule has 0 bridgehead atoms. The van der Waals surface area contributed by atoms with Gasteiger partial charge in [0.25, 0.3) is 5.91 Å². The summed E-state index contributed by atoms with van der Waals surface area (Å²) in [5, 5.41) is 12.9. The summed E-state index contributed by atoms with van der Waals surface area (Å²) in [6, 6.07) is 6.61. The fourth-order valence-corrected chi connectivity index (χ4v) is 3.82. The lowest BCUT2D eigenvalue weighted by molar-refractivity contribution is -0.139. The zero-order chi connectivity index (χ0) is 24.1. The van der Waals surface area contributed by atoms with Gasteiger partial charge >= 0.3 is 12.3 Å². The maximum atomic E-state index is 13.6. The van der Waals surface area contributed by atoms with E-state index in [-0.39, 0.29) is 39.3 Å². The molecule has 0 aromatic heterocycles. The second kappa shape index (κ2) is 11.3. The van der Waals surface area contributed by atoms with Gasteiger partial charge in [-0.15, -0.1) is 0 Å². The summed E-state index contributed by atoms with van der Waals surface area (Å²) >= 11 is 20.8. The summed E-state index contributed by atoms with van der Waals surface area (Å²) in [4.78, 5) is 22.6. The standard InChI is InChI=1S/C20H15BrCl3F3N2O3/c21-14-7-10(1-3-12(14)18(30)28-5-6-29-19(31)32)2-4-13(20(25,26)27)11-8-15(22)17(24)16(23)9-11/h1-4,7-9,13,29H,5-6H2,(H,28,30)(H,31,32). The van der Waals surface area contributed by atoms with Gasteiger partial charge in [0.15, 0.2) is 0 Å². The van der Waals surface area contributed by atoms with Gasteiger partial charge in [0, 0.05) is 17.6 Å². The van der Waals surface area contributed by atoms with Crippen LogP contribution in [0.5, 0.6) is 0 Å². The van der Waals surface area contributed by atoms with E-state index in [1.165, 1.54) is 24.3 Å². The van der Waals surface area contributed by atoms with Crippen LogP contribution in [0.2, 0.25) is 15.1 Å². The SMILES string of the molecule is O=C(O)NCCNC(=O)c1ccc(C=CC(c2cc(Cl)c(Cl)c(Cl)c2)C(F)(F)F)cc1Br. The highest BCUT2D eigenvalue weighted by Gasteiger charge is 2.39. The van der Waals surface area contributed by atoms with Crippen LogP contribution in [0.15, 0.2) is 40.9 Å². The topological polar surface area (TPSA) is 78.4 Å². The number of hydrogen-bond acceptors (Lipinski definition) is 2. The summed E-state index contributed by atoms with van der Waals surface area (Å²) in [7, 11) is 0. The molecule has 12 heteroatoms. The summed E-state index contributed by atoms with van der Waals surface area (Å²) in [5.74, 6) is -2.46. The van der Waals surface area contributed by atoms with E-state index >= 15 is 0 Å². The van der Waals surface area contributed by atoms with Crippen LogP contribution in [0.25, 0.3) is 6.08 Å². The maximum Gasteiger partial charge on any atom is 0.404 e. The Bertz CT molecular complexity index is 1030. The predicted octanol–water partition coefficient (Wildman–Crippen LogP) is 6.77. The highest BCUT2D eigenvalue weighted by atomic mass is 79.9. The number of carbonyl (C=O) groups excluding carboxylic acids is 1. The fourth-order valence-electron chi connectivity index (χ4n) is 2.63. The van der Waals surface area contributed by atoms with Crippen LogP contribution in [0, 0.1) is 0 Å². The first-order valence-corrected chi connectivity index (χ1v) is 10.8. The van der Waals surface area contributed by atoms with E-state index < -0.39 is 24.1 Å². The largest absolute Gasteiger partial charge is 0.465 e. The number of alkyl halides is 3. The van der Waals surface area contributed by atoms with E-state index in [0.29, 0.717) is 10.0 Å². The van der Waals surface area contributed by atoms with Gasteiger partial charge in [0.05, 0.1) is 26.5 Å². The summed E-state index contributed by atoms with van der Waals surface area (Å²) in [6.07, 6.45) is -3.61. The monoisotopic (exact) mass is 572 g/mol. The first kappa shape index (κ1) is 26.3. The molecule has 0 heterocycles. The maximum absolute atomic E-state index is 13.6. The van der Waals surface area contributed by atoms with Crippen molar-refractivity contribution in [1.82, 2.24) is 10.6 Å². The van der Waals surface area contributed by atoms with Crippen LogP contribution in [0.1, 0.15) is 27.4 Å². The molecule has 172 valence electrons. The molecule has 0 saturated heterocycles. The van der Waals surface area contributed by atoms with Gasteiger partial charge in [-0.1, -0.05) is 53.0 Å². The molecule has 0 aliphatic carbocycles. The van der Waals surface area contributed by atoms with Crippen LogP contribution < -0.4 is 10.6 Å². The molecule has 2 rings (SSSR count).